The van der Waals surface area contributed by atoms with Crippen molar-refractivity contribution in [3.8, 4) is 0 Å². The Morgan fingerprint density at radius 1 is 1.26 bits per heavy atom. The first-order valence-corrected chi connectivity index (χ1v) is 8.21. The highest BCUT2D eigenvalue weighted by Crippen LogP contribution is 2.13. The van der Waals surface area contributed by atoms with Gasteiger partial charge in [-0.1, -0.05) is 36.7 Å². The molecule has 1 heterocycles. The molecule has 0 radical (unpaired) electrons. The second kappa shape index (κ2) is 8.22. The number of nitrogens with one attached hydrogen (secondary N) is 1. The number of carbonyl (C=O) groups excluding carboxylic acids is 1. The van der Waals surface area contributed by atoms with Crippen LogP contribution in [-0.2, 0) is 4.79 Å². The van der Waals surface area contributed by atoms with E-state index in [0.717, 1.165) is 39.1 Å². The molecule has 5 heteroatoms. The van der Waals surface area contributed by atoms with Crippen molar-refractivity contribution in [2.75, 3.05) is 39.8 Å². The minimum atomic E-state index is -0.0622. The topological polar surface area (TPSA) is 35.6 Å². The van der Waals surface area contributed by atoms with Crippen LogP contribution in [-0.4, -0.2) is 66.3 Å². The van der Waals surface area contributed by atoms with Gasteiger partial charge >= 0.3 is 0 Å². The summed E-state index contributed by atoms with van der Waals surface area (Å²) >= 11 is 3.40. The molecule has 0 aromatic rings. The van der Waals surface area contributed by atoms with Crippen molar-refractivity contribution in [2.45, 2.75) is 38.1 Å². The molecule has 1 aliphatic rings. The van der Waals surface area contributed by atoms with Gasteiger partial charge in [0.1, 0.15) is 0 Å². The number of alkyl halides is 1. The zero-order valence-corrected chi connectivity index (χ0v) is 14.2. The van der Waals surface area contributed by atoms with E-state index in [1.54, 1.807) is 0 Å². The molecule has 0 aliphatic carbocycles. The fourth-order valence-corrected chi connectivity index (χ4v) is 2.60. The Labute approximate surface area is 126 Å². The van der Waals surface area contributed by atoms with Crippen LogP contribution < -0.4 is 5.32 Å². The summed E-state index contributed by atoms with van der Waals surface area (Å²) < 4.78 is 0. The molecule has 1 N–H and O–H groups in total. The highest BCUT2D eigenvalue weighted by Gasteiger charge is 2.25. The van der Waals surface area contributed by atoms with Crippen LogP contribution in [0.25, 0.3) is 0 Å². The number of hydrogen-bond acceptors (Lipinski definition) is 3. The standard InChI is InChI=1S/C14H28BrN3O/c1-5-12(15)14(19)16-10-13(11(2)3)18-8-6-17(4)7-9-18/h11-13H,5-10H2,1-4H3,(H,16,19). The van der Waals surface area contributed by atoms with Gasteiger partial charge in [0.25, 0.3) is 0 Å². The van der Waals surface area contributed by atoms with Gasteiger partial charge in [-0.25, -0.2) is 0 Å². The smallest absolute Gasteiger partial charge is 0.233 e. The summed E-state index contributed by atoms with van der Waals surface area (Å²) in [4.78, 5) is 16.7. The lowest BCUT2D eigenvalue weighted by molar-refractivity contribution is -0.120. The number of rotatable bonds is 6. The van der Waals surface area contributed by atoms with E-state index in [-0.39, 0.29) is 10.7 Å². The maximum atomic E-state index is 11.9. The van der Waals surface area contributed by atoms with Crippen LogP contribution in [0.3, 0.4) is 0 Å². The fourth-order valence-electron chi connectivity index (χ4n) is 2.44. The molecule has 0 bridgehead atoms. The summed E-state index contributed by atoms with van der Waals surface area (Å²) in [6.45, 7) is 11.7. The lowest BCUT2D eigenvalue weighted by Gasteiger charge is -2.40. The maximum absolute atomic E-state index is 11.9. The van der Waals surface area contributed by atoms with Crippen molar-refractivity contribution in [3.63, 3.8) is 0 Å². The van der Waals surface area contributed by atoms with Crippen molar-refractivity contribution in [3.05, 3.63) is 0 Å². The van der Waals surface area contributed by atoms with E-state index in [4.69, 9.17) is 0 Å². The summed E-state index contributed by atoms with van der Waals surface area (Å²) in [6.07, 6.45) is 0.826. The molecule has 19 heavy (non-hydrogen) atoms. The first-order chi connectivity index (χ1) is 8.95. The molecule has 1 fully saturated rings. The number of halogens is 1. The van der Waals surface area contributed by atoms with E-state index in [1.807, 2.05) is 6.92 Å². The minimum Gasteiger partial charge on any atom is -0.354 e. The second-order valence-electron chi connectivity index (χ2n) is 5.77. The highest BCUT2D eigenvalue weighted by atomic mass is 79.9. The van der Waals surface area contributed by atoms with Gasteiger partial charge in [0.2, 0.25) is 5.91 Å². The van der Waals surface area contributed by atoms with Crippen LogP contribution in [0.15, 0.2) is 0 Å². The molecule has 112 valence electrons. The van der Waals surface area contributed by atoms with Crippen molar-refractivity contribution >= 4 is 21.8 Å². The predicted octanol–water partition coefficient (Wildman–Crippen LogP) is 1.55. The Kier molecular flexibility index (Phi) is 7.32. The summed E-state index contributed by atoms with van der Waals surface area (Å²) in [5.74, 6) is 0.668. The molecule has 4 nitrogen and oxygen atoms in total. The summed E-state index contributed by atoms with van der Waals surface area (Å²) in [7, 11) is 2.17. The van der Waals surface area contributed by atoms with Crippen LogP contribution in [0.4, 0.5) is 0 Å². The average Bonchev–Trinajstić information content (AvgIpc) is 2.39. The minimum absolute atomic E-state index is 0.0622. The Bertz CT molecular complexity index is 278. The van der Waals surface area contributed by atoms with Crippen molar-refractivity contribution < 1.29 is 4.79 Å². The number of piperazine rings is 1. The molecule has 1 aliphatic heterocycles. The quantitative estimate of drug-likeness (QED) is 0.749. The normalized spacial score (nSPS) is 21.4. The Morgan fingerprint density at radius 2 is 1.84 bits per heavy atom. The average molecular weight is 334 g/mol. The van der Waals surface area contributed by atoms with Crippen molar-refractivity contribution in [2.24, 2.45) is 5.92 Å². The van der Waals surface area contributed by atoms with E-state index in [0.29, 0.717) is 12.0 Å². The van der Waals surface area contributed by atoms with E-state index in [2.05, 4.69) is 51.9 Å². The first-order valence-electron chi connectivity index (χ1n) is 7.30. The lowest BCUT2D eigenvalue weighted by Crippen LogP contribution is -2.54. The Hall–Kier alpha value is -0.130. The first kappa shape index (κ1) is 16.9. The summed E-state index contributed by atoms with van der Waals surface area (Å²) in [5.41, 5.74) is 0. The van der Waals surface area contributed by atoms with Crippen LogP contribution in [0, 0.1) is 5.92 Å². The van der Waals surface area contributed by atoms with E-state index < -0.39 is 0 Å². The molecule has 2 atom stereocenters. The van der Waals surface area contributed by atoms with Crippen molar-refractivity contribution in [1.29, 1.82) is 0 Å². The zero-order chi connectivity index (χ0) is 14.4. The summed E-state index contributed by atoms with van der Waals surface area (Å²) in [6, 6.07) is 0.439. The summed E-state index contributed by atoms with van der Waals surface area (Å²) in [5, 5.41) is 3.08. The van der Waals surface area contributed by atoms with Gasteiger partial charge in [0.05, 0.1) is 4.83 Å². The third kappa shape index (κ3) is 5.40. The lowest BCUT2D eigenvalue weighted by atomic mass is 10.0. The number of likely N-dealkylation sites (N-methyl/N-ethyl adjacent to an activating group) is 1. The van der Waals surface area contributed by atoms with Crippen LogP contribution >= 0.6 is 15.9 Å². The van der Waals surface area contributed by atoms with E-state index in [9.17, 15) is 4.79 Å². The molecular formula is C14H28BrN3O. The molecule has 0 aromatic heterocycles. The number of hydrogen-bond donors (Lipinski definition) is 1. The third-order valence-corrected chi connectivity index (χ3v) is 4.97. The molecule has 0 spiro atoms. The van der Waals surface area contributed by atoms with Gasteiger partial charge in [-0.2, -0.15) is 0 Å². The molecule has 1 rings (SSSR count). The highest BCUT2D eigenvalue weighted by molar-refractivity contribution is 9.10. The van der Waals surface area contributed by atoms with Gasteiger partial charge in [-0.15, -0.1) is 0 Å². The predicted molar refractivity (Wildman–Crippen MR) is 83.7 cm³/mol. The monoisotopic (exact) mass is 333 g/mol. The van der Waals surface area contributed by atoms with Crippen LogP contribution in [0.5, 0.6) is 0 Å². The fraction of sp³-hybridized carbons (Fsp3) is 0.929. The Balaban J connectivity index is 2.47. The van der Waals surface area contributed by atoms with Crippen molar-refractivity contribution in [1.82, 2.24) is 15.1 Å². The van der Waals surface area contributed by atoms with Gasteiger partial charge in [-0.3, -0.25) is 9.69 Å². The third-order valence-electron chi connectivity index (χ3n) is 3.90. The second-order valence-corrected chi connectivity index (χ2v) is 6.88. The molecule has 1 amide bonds. The van der Waals surface area contributed by atoms with Crippen LogP contribution in [0.1, 0.15) is 27.2 Å². The number of carbonyl (C=O) groups is 1. The maximum Gasteiger partial charge on any atom is 0.233 e. The molecule has 0 aromatic carbocycles. The van der Waals surface area contributed by atoms with E-state index in [1.165, 1.54) is 0 Å². The SMILES string of the molecule is CCC(Br)C(=O)NCC(C(C)C)N1CCN(C)CC1. The van der Waals surface area contributed by atoms with Gasteiger partial charge < -0.3 is 10.2 Å². The number of amides is 1. The molecule has 1 saturated heterocycles. The zero-order valence-electron chi connectivity index (χ0n) is 12.7. The van der Waals surface area contributed by atoms with Gasteiger partial charge in [0.15, 0.2) is 0 Å². The van der Waals surface area contributed by atoms with Gasteiger partial charge in [-0.05, 0) is 19.4 Å². The van der Waals surface area contributed by atoms with E-state index >= 15 is 0 Å². The van der Waals surface area contributed by atoms with Gasteiger partial charge in [0, 0.05) is 38.8 Å². The molecular weight excluding hydrogens is 306 g/mol. The number of nitrogens with zero attached hydrogens (tertiary/aromatic N) is 2. The molecule has 2 unspecified atom stereocenters. The Morgan fingerprint density at radius 3 is 2.32 bits per heavy atom. The van der Waals surface area contributed by atoms with Crippen LogP contribution in [0.2, 0.25) is 0 Å². The molecule has 0 saturated carbocycles. The largest absolute Gasteiger partial charge is 0.354 e.